The highest BCUT2D eigenvalue weighted by atomic mass is 15.3. The average Bonchev–Trinajstić information content (AvgIpc) is 2.68. The van der Waals surface area contributed by atoms with E-state index in [1.165, 1.54) is 11.1 Å². The molecule has 1 aliphatic rings. The Morgan fingerprint density at radius 1 is 1.08 bits per heavy atom. The summed E-state index contributed by atoms with van der Waals surface area (Å²) in [4.78, 5) is 4.70. The molecule has 0 bridgehead atoms. The van der Waals surface area contributed by atoms with Crippen LogP contribution in [0.3, 0.4) is 0 Å². The summed E-state index contributed by atoms with van der Waals surface area (Å²) in [6, 6.07) is 21.4. The van der Waals surface area contributed by atoms with Crippen molar-refractivity contribution in [1.82, 2.24) is 9.80 Å². The zero-order valence-electron chi connectivity index (χ0n) is 15.7. The number of likely N-dealkylation sites (N-methyl/N-ethyl adjacent to an activating group) is 1. The summed E-state index contributed by atoms with van der Waals surface area (Å²) < 4.78 is 0. The maximum absolute atomic E-state index is 9.53. The summed E-state index contributed by atoms with van der Waals surface area (Å²) in [5, 5.41) is 13.1. The Balaban J connectivity index is 1.88. The molecule has 3 rings (SSSR count). The first kappa shape index (κ1) is 18.0. The van der Waals surface area contributed by atoms with Crippen molar-refractivity contribution in [2.24, 2.45) is 0 Å². The molecule has 2 aromatic carbocycles. The molecule has 0 saturated carbocycles. The second-order valence-corrected chi connectivity index (χ2v) is 6.88. The van der Waals surface area contributed by atoms with E-state index < -0.39 is 0 Å². The minimum atomic E-state index is 0.310. The Labute approximate surface area is 156 Å². The van der Waals surface area contributed by atoms with E-state index in [4.69, 9.17) is 0 Å². The smallest absolute Gasteiger partial charge is 0.120 e. The number of aryl methyl sites for hydroxylation is 1. The molecule has 134 valence electrons. The molecular formula is C22H26N4. The summed E-state index contributed by atoms with van der Waals surface area (Å²) in [7, 11) is 2.17. The maximum atomic E-state index is 9.53. The number of benzene rings is 2. The van der Waals surface area contributed by atoms with Crippen molar-refractivity contribution < 1.29 is 0 Å². The van der Waals surface area contributed by atoms with E-state index in [0.29, 0.717) is 11.6 Å². The number of rotatable bonds is 4. The van der Waals surface area contributed by atoms with Crippen LogP contribution < -0.4 is 5.32 Å². The highest BCUT2D eigenvalue weighted by Crippen LogP contribution is 2.28. The first-order chi connectivity index (χ1) is 12.6. The molecule has 0 aromatic heterocycles. The summed E-state index contributed by atoms with van der Waals surface area (Å²) in [5.74, 6) is 0.913. The molecule has 1 fully saturated rings. The van der Waals surface area contributed by atoms with Gasteiger partial charge in [0.1, 0.15) is 5.82 Å². The second-order valence-electron chi connectivity index (χ2n) is 6.88. The van der Waals surface area contributed by atoms with Crippen molar-refractivity contribution in [2.45, 2.75) is 19.9 Å². The molecular weight excluding hydrogens is 320 g/mol. The van der Waals surface area contributed by atoms with Gasteiger partial charge in [-0.1, -0.05) is 48.5 Å². The highest BCUT2D eigenvalue weighted by molar-refractivity contribution is 5.55. The lowest BCUT2D eigenvalue weighted by atomic mass is 10.0. The molecule has 0 radical (unpaired) electrons. The lowest BCUT2D eigenvalue weighted by molar-refractivity contribution is 0.120. The van der Waals surface area contributed by atoms with E-state index >= 15 is 0 Å². The fraction of sp³-hybridized carbons (Fsp3) is 0.318. The Bertz CT molecular complexity index is 820. The molecule has 1 saturated heterocycles. The third-order valence-electron chi connectivity index (χ3n) is 5.07. The third-order valence-corrected chi connectivity index (χ3v) is 5.07. The van der Waals surface area contributed by atoms with Gasteiger partial charge >= 0.3 is 0 Å². The molecule has 1 N–H and O–H groups in total. The van der Waals surface area contributed by atoms with Gasteiger partial charge in [-0.25, -0.2) is 0 Å². The fourth-order valence-electron chi connectivity index (χ4n) is 3.42. The van der Waals surface area contributed by atoms with Gasteiger partial charge in [0.25, 0.3) is 0 Å². The minimum Gasteiger partial charge on any atom is -0.354 e. The van der Waals surface area contributed by atoms with Crippen LogP contribution in [0.5, 0.6) is 0 Å². The molecule has 4 heteroatoms. The minimum absolute atomic E-state index is 0.310. The van der Waals surface area contributed by atoms with Crippen LogP contribution in [0.15, 0.2) is 66.0 Å². The van der Waals surface area contributed by atoms with Gasteiger partial charge in [-0.3, -0.25) is 4.90 Å². The van der Waals surface area contributed by atoms with E-state index in [-0.39, 0.29) is 0 Å². The van der Waals surface area contributed by atoms with E-state index in [9.17, 15) is 5.26 Å². The molecule has 0 spiro atoms. The van der Waals surface area contributed by atoms with Crippen LogP contribution in [0.4, 0.5) is 5.69 Å². The molecule has 4 nitrogen and oxygen atoms in total. The van der Waals surface area contributed by atoms with Crippen LogP contribution in [0.25, 0.3) is 0 Å². The van der Waals surface area contributed by atoms with Crippen molar-refractivity contribution in [3.05, 3.63) is 77.1 Å². The van der Waals surface area contributed by atoms with Gasteiger partial charge in [-0.2, -0.15) is 5.26 Å². The Morgan fingerprint density at radius 3 is 2.46 bits per heavy atom. The summed E-state index contributed by atoms with van der Waals surface area (Å²) in [6.45, 7) is 6.67. The summed E-state index contributed by atoms with van der Waals surface area (Å²) in [6.07, 6.45) is 0. The summed E-state index contributed by atoms with van der Waals surface area (Å²) >= 11 is 0. The second kappa shape index (κ2) is 8.07. The summed E-state index contributed by atoms with van der Waals surface area (Å²) in [5.41, 5.74) is 4.24. The Kier molecular flexibility index (Phi) is 5.60. The van der Waals surface area contributed by atoms with Gasteiger partial charge in [-0.05, 0) is 38.1 Å². The average molecular weight is 346 g/mol. The normalized spacial score (nSPS) is 18.8. The van der Waals surface area contributed by atoms with Crippen LogP contribution in [-0.4, -0.2) is 36.5 Å². The molecule has 1 heterocycles. The Morgan fingerprint density at radius 2 is 1.77 bits per heavy atom. The number of piperazine rings is 1. The maximum Gasteiger partial charge on any atom is 0.120 e. The van der Waals surface area contributed by atoms with Crippen molar-refractivity contribution >= 4 is 5.69 Å². The number of nitrogens with zero attached hydrogens (tertiary/aromatic N) is 3. The third kappa shape index (κ3) is 3.89. The van der Waals surface area contributed by atoms with E-state index in [1.807, 2.05) is 19.1 Å². The molecule has 0 aliphatic carbocycles. The molecule has 2 aromatic rings. The van der Waals surface area contributed by atoms with Crippen LogP contribution in [-0.2, 0) is 0 Å². The van der Waals surface area contributed by atoms with Gasteiger partial charge in [-0.15, -0.1) is 0 Å². The monoisotopic (exact) mass is 346 g/mol. The number of nitriles is 1. The lowest BCUT2D eigenvalue weighted by Gasteiger charge is -2.42. The fourth-order valence-corrected chi connectivity index (χ4v) is 3.42. The van der Waals surface area contributed by atoms with Crippen molar-refractivity contribution in [1.29, 1.82) is 5.26 Å². The van der Waals surface area contributed by atoms with Crippen molar-refractivity contribution in [2.75, 3.05) is 32.0 Å². The SMILES string of the molecule is C/C(C#N)=C(\Nc1ccccc1C)N1CCN(C)C(c2ccccc2)C1. The first-order valence-corrected chi connectivity index (χ1v) is 9.04. The predicted molar refractivity (Wildman–Crippen MR) is 107 cm³/mol. The largest absolute Gasteiger partial charge is 0.354 e. The van der Waals surface area contributed by atoms with Crippen molar-refractivity contribution in [3.63, 3.8) is 0 Å². The van der Waals surface area contributed by atoms with E-state index in [0.717, 1.165) is 31.1 Å². The number of para-hydroxylation sites is 1. The van der Waals surface area contributed by atoms with Gasteiger partial charge in [0, 0.05) is 25.3 Å². The number of hydrogen-bond acceptors (Lipinski definition) is 4. The number of allylic oxidation sites excluding steroid dienone is 1. The predicted octanol–water partition coefficient (Wildman–Crippen LogP) is 4.15. The molecule has 1 unspecified atom stereocenters. The Hall–Kier alpha value is -2.77. The zero-order chi connectivity index (χ0) is 18.5. The highest BCUT2D eigenvalue weighted by Gasteiger charge is 2.27. The van der Waals surface area contributed by atoms with Gasteiger partial charge in [0.05, 0.1) is 17.7 Å². The van der Waals surface area contributed by atoms with Gasteiger partial charge in [0.15, 0.2) is 0 Å². The quantitative estimate of drug-likeness (QED) is 0.845. The van der Waals surface area contributed by atoms with Crippen LogP contribution in [0, 0.1) is 18.3 Å². The number of anilines is 1. The van der Waals surface area contributed by atoms with Gasteiger partial charge in [0.2, 0.25) is 0 Å². The molecule has 26 heavy (non-hydrogen) atoms. The van der Waals surface area contributed by atoms with Gasteiger partial charge < -0.3 is 10.2 Å². The van der Waals surface area contributed by atoms with Crippen LogP contribution >= 0.6 is 0 Å². The topological polar surface area (TPSA) is 42.3 Å². The first-order valence-electron chi connectivity index (χ1n) is 9.04. The van der Waals surface area contributed by atoms with Crippen LogP contribution in [0.1, 0.15) is 24.1 Å². The van der Waals surface area contributed by atoms with E-state index in [2.05, 4.69) is 77.6 Å². The zero-order valence-corrected chi connectivity index (χ0v) is 15.7. The number of hydrogen-bond donors (Lipinski definition) is 1. The molecule has 1 aliphatic heterocycles. The number of nitrogens with one attached hydrogen (secondary N) is 1. The standard InChI is InChI=1S/C22H26N4/c1-17-9-7-8-12-20(17)24-22(18(2)15-23)26-14-13-25(3)21(16-26)19-10-5-4-6-11-19/h4-12,21,24H,13-14,16H2,1-3H3/b22-18-. The van der Waals surface area contributed by atoms with Crippen LogP contribution in [0.2, 0.25) is 0 Å². The lowest BCUT2D eigenvalue weighted by Crippen LogP contribution is -2.47. The van der Waals surface area contributed by atoms with Crippen molar-refractivity contribution in [3.8, 4) is 6.07 Å². The molecule has 1 atom stereocenters. The van der Waals surface area contributed by atoms with E-state index in [1.54, 1.807) is 0 Å². The molecule has 0 amide bonds.